The Labute approximate surface area is 158 Å². The van der Waals surface area contributed by atoms with Crippen LogP contribution in [-0.4, -0.2) is 51.1 Å². The summed E-state index contributed by atoms with van der Waals surface area (Å²) < 4.78 is 1.95. The first-order valence-corrected chi connectivity index (χ1v) is 9.40. The SMILES string of the molecule is CNc1cc(C(=O)N2CCn3nc(CCC(=O)NC4CC4)cc3C2)ccn1. The van der Waals surface area contributed by atoms with E-state index in [1.165, 1.54) is 0 Å². The van der Waals surface area contributed by atoms with Crippen LogP contribution in [0.4, 0.5) is 5.82 Å². The normalized spacial score (nSPS) is 16.0. The van der Waals surface area contributed by atoms with Crippen molar-refractivity contribution in [3.8, 4) is 0 Å². The summed E-state index contributed by atoms with van der Waals surface area (Å²) in [6.07, 6.45) is 4.92. The fraction of sp³-hybridized carbons (Fsp3) is 0.474. The maximum Gasteiger partial charge on any atom is 0.254 e. The topological polar surface area (TPSA) is 92.2 Å². The van der Waals surface area contributed by atoms with E-state index >= 15 is 0 Å². The molecule has 2 N–H and O–H groups in total. The van der Waals surface area contributed by atoms with Crippen LogP contribution in [0.3, 0.4) is 0 Å². The Bertz CT molecular complexity index is 858. The average molecular weight is 368 g/mol. The van der Waals surface area contributed by atoms with Gasteiger partial charge in [-0.3, -0.25) is 14.3 Å². The Kier molecular flexibility index (Phi) is 4.79. The number of fused-ring (bicyclic) bond motifs is 1. The molecule has 1 fully saturated rings. The van der Waals surface area contributed by atoms with Gasteiger partial charge in [0.15, 0.2) is 0 Å². The van der Waals surface area contributed by atoms with Gasteiger partial charge in [-0.05, 0) is 31.0 Å². The van der Waals surface area contributed by atoms with E-state index in [4.69, 9.17) is 0 Å². The van der Waals surface area contributed by atoms with Crippen molar-refractivity contribution in [2.24, 2.45) is 0 Å². The molecule has 0 aromatic carbocycles. The molecule has 0 spiro atoms. The van der Waals surface area contributed by atoms with E-state index < -0.39 is 0 Å². The summed E-state index contributed by atoms with van der Waals surface area (Å²) in [5.41, 5.74) is 2.54. The van der Waals surface area contributed by atoms with Crippen molar-refractivity contribution in [1.29, 1.82) is 0 Å². The Morgan fingerprint density at radius 1 is 1.26 bits per heavy atom. The van der Waals surface area contributed by atoms with Gasteiger partial charge >= 0.3 is 0 Å². The third kappa shape index (κ3) is 4.10. The molecule has 0 radical (unpaired) electrons. The van der Waals surface area contributed by atoms with Crippen molar-refractivity contribution >= 4 is 17.6 Å². The van der Waals surface area contributed by atoms with Gasteiger partial charge in [0.1, 0.15) is 5.82 Å². The van der Waals surface area contributed by atoms with Crippen LogP contribution < -0.4 is 10.6 Å². The molecule has 2 amide bonds. The van der Waals surface area contributed by atoms with Crippen LogP contribution in [0.5, 0.6) is 0 Å². The molecular formula is C19H24N6O2. The molecule has 8 nitrogen and oxygen atoms in total. The number of rotatable bonds is 6. The molecule has 0 bridgehead atoms. The predicted octanol–water partition coefficient (Wildman–Crippen LogP) is 1.19. The van der Waals surface area contributed by atoms with Gasteiger partial charge in [0.2, 0.25) is 5.91 Å². The van der Waals surface area contributed by atoms with Crippen LogP contribution in [0.25, 0.3) is 0 Å². The monoisotopic (exact) mass is 368 g/mol. The first-order valence-electron chi connectivity index (χ1n) is 9.40. The summed E-state index contributed by atoms with van der Waals surface area (Å²) in [4.78, 5) is 30.6. The van der Waals surface area contributed by atoms with Crippen molar-refractivity contribution in [2.45, 2.75) is 44.8 Å². The van der Waals surface area contributed by atoms with Gasteiger partial charge in [0.05, 0.1) is 24.5 Å². The lowest BCUT2D eigenvalue weighted by atomic mass is 10.2. The molecule has 4 rings (SSSR count). The second-order valence-electron chi connectivity index (χ2n) is 7.10. The first-order chi connectivity index (χ1) is 13.1. The van der Waals surface area contributed by atoms with Crippen LogP contribution in [0.2, 0.25) is 0 Å². The summed E-state index contributed by atoms with van der Waals surface area (Å²) in [6, 6.07) is 5.90. The highest BCUT2D eigenvalue weighted by Crippen LogP contribution is 2.20. The zero-order valence-corrected chi connectivity index (χ0v) is 15.4. The number of carbonyl (C=O) groups is 2. The number of hydrogen-bond acceptors (Lipinski definition) is 5. The third-order valence-corrected chi connectivity index (χ3v) is 4.95. The minimum absolute atomic E-state index is 0.00767. The molecule has 8 heteroatoms. The molecule has 142 valence electrons. The smallest absolute Gasteiger partial charge is 0.254 e. The fourth-order valence-corrected chi connectivity index (χ4v) is 3.27. The summed E-state index contributed by atoms with van der Waals surface area (Å²) in [5, 5.41) is 10.5. The second-order valence-corrected chi connectivity index (χ2v) is 7.10. The minimum atomic E-state index is -0.00767. The number of pyridine rings is 1. The van der Waals surface area contributed by atoms with Crippen molar-refractivity contribution in [3.63, 3.8) is 0 Å². The zero-order valence-electron chi connectivity index (χ0n) is 15.4. The van der Waals surface area contributed by atoms with E-state index in [1.807, 2.05) is 15.6 Å². The number of aryl methyl sites for hydroxylation is 1. The van der Waals surface area contributed by atoms with Crippen molar-refractivity contribution in [3.05, 3.63) is 41.3 Å². The summed E-state index contributed by atoms with van der Waals surface area (Å²) in [5.74, 6) is 0.764. The lowest BCUT2D eigenvalue weighted by Gasteiger charge is -2.27. The van der Waals surface area contributed by atoms with E-state index in [0.29, 0.717) is 49.9 Å². The van der Waals surface area contributed by atoms with Crippen molar-refractivity contribution in [2.75, 3.05) is 18.9 Å². The molecule has 3 heterocycles. The fourth-order valence-electron chi connectivity index (χ4n) is 3.27. The number of anilines is 1. The van der Waals surface area contributed by atoms with Gasteiger partial charge < -0.3 is 15.5 Å². The summed E-state index contributed by atoms with van der Waals surface area (Å²) in [6.45, 7) is 1.81. The maximum absolute atomic E-state index is 12.8. The molecule has 0 unspecified atom stereocenters. The number of nitrogens with one attached hydrogen (secondary N) is 2. The highest BCUT2D eigenvalue weighted by atomic mass is 16.2. The minimum Gasteiger partial charge on any atom is -0.373 e. The molecule has 0 saturated heterocycles. The molecule has 2 aliphatic rings. The Hall–Kier alpha value is -2.90. The number of carbonyl (C=O) groups excluding carboxylic acids is 2. The van der Waals surface area contributed by atoms with Crippen LogP contribution in [0.15, 0.2) is 24.4 Å². The molecular weight excluding hydrogens is 344 g/mol. The standard InChI is InChI=1S/C19H24N6O2/c1-20-17-10-13(6-7-21-17)19(27)24-8-9-25-16(12-24)11-15(23-25)4-5-18(26)22-14-2-3-14/h6-7,10-11,14H,2-5,8-9,12H2,1H3,(H,20,21)(H,22,26). The molecule has 1 aliphatic heterocycles. The number of nitrogens with zero attached hydrogens (tertiary/aromatic N) is 4. The molecule has 27 heavy (non-hydrogen) atoms. The Balaban J connectivity index is 1.38. The Morgan fingerprint density at radius 2 is 2.11 bits per heavy atom. The van der Waals surface area contributed by atoms with Crippen LogP contribution in [0.1, 0.15) is 41.0 Å². The van der Waals surface area contributed by atoms with Gasteiger partial charge in [-0.25, -0.2) is 4.98 Å². The van der Waals surface area contributed by atoms with Crippen molar-refractivity contribution in [1.82, 2.24) is 25.0 Å². The highest BCUT2D eigenvalue weighted by Gasteiger charge is 2.25. The van der Waals surface area contributed by atoms with Gasteiger partial charge in [0, 0.05) is 44.2 Å². The maximum atomic E-state index is 12.8. The van der Waals surface area contributed by atoms with E-state index in [0.717, 1.165) is 24.2 Å². The number of aromatic nitrogens is 3. The zero-order chi connectivity index (χ0) is 18.8. The van der Waals surface area contributed by atoms with Crippen molar-refractivity contribution < 1.29 is 9.59 Å². The first kappa shape index (κ1) is 17.5. The predicted molar refractivity (Wildman–Crippen MR) is 100 cm³/mol. The number of hydrogen-bond donors (Lipinski definition) is 2. The van der Waals surface area contributed by atoms with Crippen LogP contribution in [0, 0.1) is 0 Å². The lowest BCUT2D eigenvalue weighted by Crippen LogP contribution is -2.38. The largest absolute Gasteiger partial charge is 0.373 e. The third-order valence-electron chi connectivity index (χ3n) is 4.95. The van der Waals surface area contributed by atoms with Crippen LogP contribution in [-0.2, 0) is 24.3 Å². The molecule has 0 atom stereocenters. The molecule has 1 saturated carbocycles. The number of amides is 2. The van der Waals surface area contributed by atoms with E-state index in [-0.39, 0.29) is 11.8 Å². The molecule has 1 aliphatic carbocycles. The van der Waals surface area contributed by atoms with E-state index in [2.05, 4.69) is 20.7 Å². The second kappa shape index (κ2) is 7.38. The lowest BCUT2D eigenvalue weighted by molar-refractivity contribution is -0.121. The van der Waals surface area contributed by atoms with Gasteiger partial charge in [-0.1, -0.05) is 0 Å². The quantitative estimate of drug-likeness (QED) is 0.799. The summed E-state index contributed by atoms with van der Waals surface area (Å²) >= 11 is 0. The van der Waals surface area contributed by atoms with E-state index in [9.17, 15) is 9.59 Å². The van der Waals surface area contributed by atoms with Gasteiger partial charge in [-0.2, -0.15) is 5.10 Å². The van der Waals surface area contributed by atoms with Gasteiger partial charge in [0.25, 0.3) is 5.91 Å². The highest BCUT2D eigenvalue weighted by molar-refractivity contribution is 5.94. The van der Waals surface area contributed by atoms with E-state index in [1.54, 1.807) is 25.4 Å². The van der Waals surface area contributed by atoms with Crippen LogP contribution >= 0.6 is 0 Å². The van der Waals surface area contributed by atoms with Gasteiger partial charge in [-0.15, -0.1) is 0 Å². The average Bonchev–Trinajstić information content (AvgIpc) is 3.41. The molecule has 2 aromatic heterocycles. The Morgan fingerprint density at radius 3 is 2.89 bits per heavy atom. The summed E-state index contributed by atoms with van der Waals surface area (Å²) in [7, 11) is 1.78. The molecule has 2 aromatic rings.